The third-order valence-corrected chi connectivity index (χ3v) is 8.54. The SMILES string of the molecule is CN(C1CCOCC1)C1CCC(C(=O)NCc2cc(C(F)(F)F)cc(C(F)(F)F)c2)(C2CCNCC2)C1. The first-order valence-corrected chi connectivity index (χ1v) is 13.0. The summed E-state index contributed by atoms with van der Waals surface area (Å²) in [6, 6.07) is 2.03. The van der Waals surface area contributed by atoms with Gasteiger partial charge in [0.05, 0.1) is 16.5 Å². The molecule has 1 aromatic rings. The van der Waals surface area contributed by atoms with Gasteiger partial charge in [-0.2, -0.15) is 26.3 Å². The number of amides is 1. The van der Waals surface area contributed by atoms with Crippen molar-refractivity contribution in [1.82, 2.24) is 15.5 Å². The second-order valence-corrected chi connectivity index (χ2v) is 10.7. The predicted octanol–water partition coefficient (Wildman–Crippen LogP) is 4.99. The van der Waals surface area contributed by atoms with Gasteiger partial charge in [0.2, 0.25) is 5.91 Å². The van der Waals surface area contributed by atoms with Crippen molar-refractivity contribution in [1.29, 1.82) is 0 Å². The quantitative estimate of drug-likeness (QED) is 0.504. The van der Waals surface area contributed by atoms with E-state index < -0.39 is 28.9 Å². The van der Waals surface area contributed by atoms with E-state index in [0.29, 0.717) is 44.2 Å². The molecule has 208 valence electrons. The minimum Gasteiger partial charge on any atom is -0.381 e. The third kappa shape index (κ3) is 6.42. The fraction of sp³-hybridized carbons (Fsp3) is 0.731. The van der Waals surface area contributed by atoms with E-state index in [1.165, 1.54) is 0 Å². The van der Waals surface area contributed by atoms with Crippen LogP contribution >= 0.6 is 0 Å². The van der Waals surface area contributed by atoms with Gasteiger partial charge in [-0.1, -0.05) is 0 Å². The molecule has 2 aliphatic heterocycles. The third-order valence-electron chi connectivity index (χ3n) is 8.54. The number of ether oxygens (including phenoxy) is 1. The number of carbonyl (C=O) groups is 1. The molecule has 1 amide bonds. The maximum Gasteiger partial charge on any atom is 0.416 e. The molecule has 0 bridgehead atoms. The Morgan fingerprint density at radius 2 is 1.57 bits per heavy atom. The monoisotopic (exact) mass is 535 g/mol. The molecule has 1 aromatic carbocycles. The lowest BCUT2D eigenvalue weighted by atomic mass is 9.69. The first-order valence-electron chi connectivity index (χ1n) is 13.0. The summed E-state index contributed by atoms with van der Waals surface area (Å²) in [7, 11) is 2.08. The summed E-state index contributed by atoms with van der Waals surface area (Å²) >= 11 is 0. The summed E-state index contributed by atoms with van der Waals surface area (Å²) in [5.74, 6) is -0.165. The van der Waals surface area contributed by atoms with Crippen LogP contribution in [0.4, 0.5) is 26.3 Å². The van der Waals surface area contributed by atoms with Crippen LogP contribution in [0.3, 0.4) is 0 Å². The zero-order chi connectivity index (χ0) is 26.8. The molecule has 1 aliphatic carbocycles. The van der Waals surface area contributed by atoms with Gasteiger partial charge in [0.1, 0.15) is 0 Å². The highest BCUT2D eigenvalue weighted by molar-refractivity contribution is 5.83. The molecular weight excluding hydrogens is 500 g/mol. The molecule has 0 spiro atoms. The van der Waals surface area contributed by atoms with Crippen LogP contribution in [0.2, 0.25) is 0 Å². The van der Waals surface area contributed by atoms with E-state index in [-0.39, 0.29) is 36.0 Å². The van der Waals surface area contributed by atoms with Crippen LogP contribution in [0, 0.1) is 11.3 Å². The molecule has 2 saturated heterocycles. The molecule has 3 aliphatic rings. The molecule has 1 saturated carbocycles. The Morgan fingerprint density at radius 3 is 2.14 bits per heavy atom. The minimum absolute atomic E-state index is 0.106. The van der Waals surface area contributed by atoms with E-state index in [9.17, 15) is 31.1 Å². The number of nitrogens with zero attached hydrogens (tertiary/aromatic N) is 1. The molecular formula is C26H35F6N3O2. The van der Waals surface area contributed by atoms with Gasteiger partial charge in [0.15, 0.2) is 0 Å². The predicted molar refractivity (Wildman–Crippen MR) is 126 cm³/mol. The Morgan fingerprint density at radius 1 is 0.973 bits per heavy atom. The van der Waals surface area contributed by atoms with Gasteiger partial charge in [0.25, 0.3) is 0 Å². The van der Waals surface area contributed by atoms with Gasteiger partial charge < -0.3 is 20.3 Å². The molecule has 2 heterocycles. The minimum atomic E-state index is -4.93. The van der Waals surface area contributed by atoms with Gasteiger partial charge in [-0.05, 0) is 94.8 Å². The zero-order valence-electron chi connectivity index (χ0n) is 21.0. The van der Waals surface area contributed by atoms with E-state index in [0.717, 1.165) is 45.2 Å². The van der Waals surface area contributed by atoms with Crippen LogP contribution in [0.5, 0.6) is 0 Å². The summed E-state index contributed by atoms with van der Waals surface area (Å²) in [5.41, 5.74) is -3.66. The van der Waals surface area contributed by atoms with Crippen molar-refractivity contribution in [2.75, 3.05) is 33.4 Å². The van der Waals surface area contributed by atoms with Crippen molar-refractivity contribution in [2.45, 2.75) is 75.9 Å². The van der Waals surface area contributed by atoms with Gasteiger partial charge in [-0.3, -0.25) is 4.79 Å². The Bertz CT molecular complexity index is 909. The first-order chi connectivity index (χ1) is 17.4. The molecule has 0 aromatic heterocycles. The number of hydrogen-bond acceptors (Lipinski definition) is 4. The summed E-state index contributed by atoms with van der Waals surface area (Å²) in [6.45, 7) is 2.58. The molecule has 5 nitrogen and oxygen atoms in total. The van der Waals surface area contributed by atoms with Crippen LogP contribution in [0.15, 0.2) is 18.2 Å². The number of nitrogens with one attached hydrogen (secondary N) is 2. The van der Waals surface area contributed by atoms with Gasteiger partial charge in [-0.25, -0.2) is 0 Å². The Hall–Kier alpha value is -1.85. The number of alkyl halides is 6. The van der Waals surface area contributed by atoms with Gasteiger partial charge >= 0.3 is 12.4 Å². The molecule has 2 unspecified atom stereocenters. The highest BCUT2D eigenvalue weighted by Gasteiger charge is 2.51. The van der Waals surface area contributed by atoms with Crippen molar-refractivity contribution < 1.29 is 35.9 Å². The average molecular weight is 536 g/mol. The number of rotatable bonds is 6. The largest absolute Gasteiger partial charge is 0.416 e. The number of carbonyl (C=O) groups excluding carboxylic acids is 1. The molecule has 37 heavy (non-hydrogen) atoms. The lowest BCUT2D eigenvalue weighted by molar-refractivity contribution is -0.143. The molecule has 11 heteroatoms. The Kier molecular flexibility index (Phi) is 8.45. The maximum absolute atomic E-state index is 13.7. The lowest BCUT2D eigenvalue weighted by Crippen LogP contribution is -2.49. The molecule has 3 fully saturated rings. The van der Waals surface area contributed by atoms with E-state index in [4.69, 9.17) is 4.74 Å². The van der Waals surface area contributed by atoms with Crippen molar-refractivity contribution >= 4 is 5.91 Å². The van der Waals surface area contributed by atoms with E-state index in [1.54, 1.807) is 0 Å². The Balaban J connectivity index is 1.53. The molecule has 2 atom stereocenters. The maximum atomic E-state index is 13.7. The van der Waals surface area contributed by atoms with E-state index in [2.05, 4.69) is 22.6 Å². The second-order valence-electron chi connectivity index (χ2n) is 10.7. The second kappa shape index (κ2) is 11.1. The average Bonchev–Trinajstić information content (AvgIpc) is 3.33. The van der Waals surface area contributed by atoms with Crippen molar-refractivity contribution in [3.8, 4) is 0 Å². The molecule has 2 N–H and O–H groups in total. The highest BCUT2D eigenvalue weighted by Crippen LogP contribution is 2.49. The standard InChI is InChI=1S/C26H35F6N3O2/c1-35(21-5-10-37-11-6-21)22-2-7-24(15-22,18-3-8-33-9-4-18)23(36)34-16-17-12-19(25(27,28)29)14-20(13-17)26(30,31)32/h12-14,18,21-22,33H,2-11,15-16H2,1H3,(H,34,36). The fourth-order valence-corrected chi connectivity index (χ4v) is 6.40. The number of benzene rings is 1. The summed E-state index contributed by atoms with van der Waals surface area (Å²) in [6.07, 6.45) is -4.27. The van der Waals surface area contributed by atoms with Crippen molar-refractivity contribution in [3.63, 3.8) is 0 Å². The summed E-state index contributed by atoms with van der Waals surface area (Å²) in [5, 5.41) is 6.05. The molecule has 0 radical (unpaired) electrons. The van der Waals surface area contributed by atoms with Crippen LogP contribution in [-0.4, -0.2) is 56.2 Å². The topological polar surface area (TPSA) is 53.6 Å². The fourth-order valence-electron chi connectivity index (χ4n) is 6.40. The van der Waals surface area contributed by atoms with Crippen LogP contribution in [-0.2, 0) is 28.4 Å². The van der Waals surface area contributed by atoms with Gasteiger partial charge in [-0.15, -0.1) is 0 Å². The summed E-state index contributed by atoms with van der Waals surface area (Å²) in [4.78, 5) is 16.1. The highest BCUT2D eigenvalue weighted by atomic mass is 19.4. The van der Waals surface area contributed by atoms with Crippen LogP contribution in [0.1, 0.15) is 61.6 Å². The summed E-state index contributed by atoms with van der Waals surface area (Å²) < 4.78 is 85.2. The smallest absolute Gasteiger partial charge is 0.381 e. The number of hydrogen-bond donors (Lipinski definition) is 2. The normalized spacial score (nSPS) is 26.5. The van der Waals surface area contributed by atoms with Crippen LogP contribution < -0.4 is 10.6 Å². The van der Waals surface area contributed by atoms with Crippen LogP contribution in [0.25, 0.3) is 0 Å². The van der Waals surface area contributed by atoms with Crippen molar-refractivity contribution in [3.05, 3.63) is 34.9 Å². The van der Waals surface area contributed by atoms with E-state index >= 15 is 0 Å². The Labute approximate surface area is 213 Å². The number of piperidine rings is 1. The van der Waals surface area contributed by atoms with E-state index in [1.807, 2.05) is 0 Å². The van der Waals surface area contributed by atoms with Crippen molar-refractivity contribution in [2.24, 2.45) is 11.3 Å². The number of halogens is 6. The van der Waals surface area contributed by atoms with Gasteiger partial charge in [0, 0.05) is 31.8 Å². The molecule has 4 rings (SSSR count). The zero-order valence-corrected chi connectivity index (χ0v) is 21.0. The first kappa shape index (κ1) is 28.2. The lowest BCUT2D eigenvalue weighted by Gasteiger charge is -2.41.